The maximum Gasteiger partial charge on any atom is 0.336 e. The van der Waals surface area contributed by atoms with Gasteiger partial charge >= 0.3 is 11.6 Å². The number of aromatic hydroxyl groups is 1. The topological polar surface area (TPSA) is 101 Å². The van der Waals surface area contributed by atoms with Gasteiger partial charge in [-0.2, -0.15) is 0 Å². The molecule has 2 aromatic heterocycles. The smallest absolute Gasteiger partial charge is 0.336 e. The number of phenolic OH excluding ortho intramolecular Hbond substituents is 1. The molecule has 0 bridgehead atoms. The molecule has 0 radical (unpaired) electrons. The van der Waals surface area contributed by atoms with Crippen molar-refractivity contribution in [1.29, 1.82) is 0 Å². The Morgan fingerprint density at radius 2 is 1.74 bits per heavy atom. The molecule has 0 spiro atoms. The van der Waals surface area contributed by atoms with Crippen LogP contribution in [0.4, 0.5) is 0 Å². The van der Waals surface area contributed by atoms with Gasteiger partial charge in [-0.25, -0.2) is 4.79 Å². The van der Waals surface area contributed by atoms with Gasteiger partial charge < -0.3 is 19.0 Å². The number of hydrogen-bond acceptors (Lipinski definition) is 5. The highest BCUT2D eigenvalue weighted by Crippen LogP contribution is 2.42. The number of aryl methyl sites for hydroxylation is 1. The second-order valence-corrected chi connectivity index (χ2v) is 6.27. The molecule has 0 amide bonds. The van der Waals surface area contributed by atoms with Crippen LogP contribution in [0.1, 0.15) is 18.1 Å². The molecule has 136 valence electrons. The highest BCUT2D eigenvalue weighted by atomic mass is 16.4. The lowest BCUT2D eigenvalue weighted by Gasteiger charge is -2.05. The van der Waals surface area contributed by atoms with E-state index in [0.29, 0.717) is 39.6 Å². The summed E-state index contributed by atoms with van der Waals surface area (Å²) in [5.41, 5.74) is 1.47. The number of furan rings is 1. The van der Waals surface area contributed by atoms with E-state index in [1.807, 2.05) is 25.1 Å². The van der Waals surface area contributed by atoms with Crippen LogP contribution in [0.5, 0.6) is 5.75 Å². The van der Waals surface area contributed by atoms with Gasteiger partial charge in [-0.05, 0) is 18.1 Å². The molecule has 6 nitrogen and oxygen atoms in total. The van der Waals surface area contributed by atoms with Crippen molar-refractivity contribution in [2.24, 2.45) is 0 Å². The summed E-state index contributed by atoms with van der Waals surface area (Å²) in [6.07, 6.45) is 0.297. The highest BCUT2D eigenvalue weighted by Gasteiger charge is 2.23. The molecule has 0 saturated carbocycles. The van der Waals surface area contributed by atoms with Crippen molar-refractivity contribution < 1.29 is 23.8 Å². The molecule has 6 heteroatoms. The van der Waals surface area contributed by atoms with Gasteiger partial charge in [-0.15, -0.1) is 0 Å². The Hall–Kier alpha value is -3.54. The van der Waals surface area contributed by atoms with Gasteiger partial charge in [0.25, 0.3) is 0 Å². The third kappa shape index (κ3) is 2.75. The predicted molar refractivity (Wildman–Crippen MR) is 100 cm³/mol. The fourth-order valence-electron chi connectivity index (χ4n) is 3.38. The normalized spacial score (nSPS) is 11.3. The summed E-state index contributed by atoms with van der Waals surface area (Å²) >= 11 is 0. The lowest BCUT2D eigenvalue weighted by molar-refractivity contribution is -0.136. The van der Waals surface area contributed by atoms with Crippen LogP contribution in [-0.4, -0.2) is 16.2 Å². The summed E-state index contributed by atoms with van der Waals surface area (Å²) in [6, 6.07) is 12.2. The molecular formula is C21H16O6. The van der Waals surface area contributed by atoms with Crippen molar-refractivity contribution >= 4 is 27.9 Å². The zero-order valence-corrected chi connectivity index (χ0v) is 14.5. The lowest BCUT2D eigenvalue weighted by Crippen LogP contribution is -2.02. The maximum absolute atomic E-state index is 11.8. The second-order valence-electron chi connectivity index (χ2n) is 6.27. The monoisotopic (exact) mass is 364 g/mol. The number of phenols is 1. The Kier molecular flexibility index (Phi) is 3.96. The average molecular weight is 364 g/mol. The molecule has 0 fully saturated rings. The Morgan fingerprint density at radius 3 is 2.41 bits per heavy atom. The van der Waals surface area contributed by atoms with Gasteiger partial charge in [0.2, 0.25) is 5.75 Å². The highest BCUT2D eigenvalue weighted by molar-refractivity contribution is 6.05. The van der Waals surface area contributed by atoms with Crippen molar-refractivity contribution in [3.05, 3.63) is 64.0 Å². The molecule has 0 aliphatic carbocycles. The van der Waals surface area contributed by atoms with Crippen LogP contribution in [0.2, 0.25) is 0 Å². The molecule has 0 atom stereocenters. The molecular weight excluding hydrogens is 348 g/mol. The zero-order valence-electron chi connectivity index (χ0n) is 14.5. The number of carbonyl (C=O) groups is 1. The molecule has 0 saturated heterocycles. The van der Waals surface area contributed by atoms with Crippen molar-refractivity contribution in [3.63, 3.8) is 0 Å². The molecule has 0 unspecified atom stereocenters. The summed E-state index contributed by atoms with van der Waals surface area (Å²) in [5, 5.41) is 21.1. The van der Waals surface area contributed by atoms with Crippen LogP contribution in [0.3, 0.4) is 0 Å². The third-order valence-electron chi connectivity index (χ3n) is 4.60. The SMILES string of the molecule is CCc1cc(=O)oc2c(O)c3oc(-c4ccccc4)c(CC(=O)O)c3cc12. The Morgan fingerprint density at radius 1 is 1.04 bits per heavy atom. The van der Waals surface area contributed by atoms with Crippen LogP contribution in [0, 0.1) is 0 Å². The van der Waals surface area contributed by atoms with Gasteiger partial charge in [0.05, 0.1) is 6.42 Å². The molecule has 27 heavy (non-hydrogen) atoms. The summed E-state index contributed by atoms with van der Waals surface area (Å²) in [7, 11) is 0. The van der Waals surface area contributed by atoms with E-state index in [1.165, 1.54) is 6.07 Å². The van der Waals surface area contributed by atoms with Crippen LogP contribution in [0.15, 0.2) is 56.1 Å². The number of carboxylic acid groups (broad SMARTS) is 1. The van der Waals surface area contributed by atoms with E-state index in [4.69, 9.17) is 8.83 Å². The minimum Gasteiger partial charge on any atom is -0.502 e. The number of rotatable bonds is 4. The molecule has 4 aromatic rings. The van der Waals surface area contributed by atoms with E-state index >= 15 is 0 Å². The Bertz CT molecular complexity index is 1230. The average Bonchev–Trinajstić information content (AvgIpc) is 3.01. The number of aliphatic carboxylic acids is 1. The van der Waals surface area contributed by atoms with Crippen molar-refractivity contribution in [1.82, 2.24) is 0 Å². The van der Waals surface area contributed by atoms with Crippen LogP contribution >= 0.6 is 0 Å². The summed E-state index contributed by atoms with van der Waals surface area (Å²) in [4.78, 5) is 23.3. The molecule has 2 N–H and O–H groups in total. The van der Waals surface area contributed by atoms with E-state index < -0.39 is 11.6 Å². The zero-order chi connectivity index (χ0) is 19.1. The Balaban J connectivity index is 2.14. The third-order valence-corrected chi connectivity index (χ3v) is 4.60. The first-order valence-electron chi connectivity index (χ1n) is 8.51. The summed E-state index contributed by atoms with van der Waals surface area (Å²) < 4.78 is 11.1. The van der Waals surface area contributed by atoms with Gasteiger partial charge in [0.15, 0.2) is 11.2 Å². The number of carboxylic acids is 1. The van der Waals surface area contributed by atoms with Gasteiger partial charge in [-0.1, -0.05) is 37.3 Å². The number of benzene rings is 2. The standard InChI is InChI=1S/C21H16O6/c1-2-11-8-17(24)26-20-13(11)9-14-15(10-16(22)23)19(27-21(14)18(20)25)12-6-4-3-5-7-12/h3-9,25H,2,10H2,1H3,(H,22,23). The van der Waals surface area contributed by atoms with Gasteiger partial charge in [-0.3, -0.25) is 4.79 Å². The van der Waals surface area contributed by atoms with E-state index in [2.05, 4.69) is 0 Å². The largest absolute Gasteiger partial charge is 0.502 e. The van der Waals surface area contributed by atoms with E-state index in [1.54, 1.807) is 18.2 Å². The van der Waals surface area contributed by atoms with Crippen LogP contribution < -0.4 is 5.63 Å². The predicted octanol–water partition coefficient (Wildman–Crippen LogP) is 4.10. The lowest BCUT2D eigenvalue weighted by atomic mass is 9.99. The molecule has 4 rings (SSSR count). The second kappa shape index (κ2) is 6.32. The van der Waals surface area contributed by atoms with Crippen molar-refractivity contribution in [2.75, 3.05) is 0 Å². The van der Waals surface area contributed by atoms with Gasteiger partial charge in [0, 0.05) is 28.0 Å². The van der Waals surface area contributed by atoms with Crippen molar-refractivity contribution in [3.8, 4) is 17.1 Å². The fraction of sp³-hybridized carbons (Fsp3) is 0.143. The van der Waals surface area contributed by atoms with Gasteiger partial charge in [0.1, 0.15) is 5.76 Å². The van der Waals surface area contributed by atoms with Crippen LogP contribution in [-0.2, 0) is 17.6 Å². The molecule has 0 aliphatic heterocycles. The first-order valence-corrected chi connectivity index (χ1v) is 8.51. The van der Waals surface area contributed by atoms with E-state index in [9.17, 15) is 19.8 Å². The Labute approximate surface area is 153 Å². The fourth-order valence-corrected chi connectivity index (χ4v) is 3.38. The van der Waals surface area contributed by atoms with Crippen LogP contribution in [0.25, 0.3) is 33.3 Å². The molecule has 0 aliphatic rings. The summed E-state index contributed by atoms with van der Waals surface area (Å²) in [6.45, 7) is 1.89. The summed E-state index contributed by atoms with van der Waals surface area (Å²) in [5.74, 6) is -0.938. The number of fused-ring (bicyclic) bond motifs is 2. The first kappa shape index (κ1) is 16.9. The first-order chi connectivity index (χ1) is 13.0. The van der Waals surface area contributed by atoms with E-state index in [-0.39, 0.29) is 23.3 Å². The minimum atomic E-state index is -1.01. The minimum absolute atomic E-state index is 0.0436. The molecule has 2 heterocycles. The maximum atomic E-state index is 11.8. The quantitative estimate of drug-likeness (QED) is 0.529. The molecule has 2 aromatic carbocycles. The van der Waals surface area contributed by atoms with E-state index in [0.717, 1.165) is 0 Å². The number of hydrogen-bond donors (Lipinski definition) is 2. The van der Waals surface area contributed by atoms with Crippen molar-refractivity contribution in [2.45, 2.75) is 19.8 Å².